The molecule has 0 saturated carbocycles. The summed E-state index contributed by atoms with van der Waals surface area (Å²) in [6.45, 7) is 9.30. The van der Waals surface area contributed by atoms with E-state index < -0.39 is 11.9 Å². The summed E-state index contributed by atoms with van der Waals surface area (Å²) in [5.41, 5.74) is 2.15. The monoisotopic (exact) mass is 500 g/mol. The van der Waals surface area contributed by atoms with Crippen LogP contribution in [0.1, 0.15) is 44.7 Å². The van der Waals surface area contributed by atoms with Gasteiger partial charge in [-0.3, -0.25) is 9.69 Å². The fourth-order valence-corrected chi connectivity index (χ4v) is 3.75. The van der Waals surface area contributed by atoms with Crippen LogP contribution in [0.25, 0.3) is 0 Å². The van der Waals surface area contributed by atoms with E-state index in [-0.39, 0.29) is 17.4 Å². The molecule has 0 aliphatic carbocycles. The summed E-state index contributed by atoms with van der Waals surface area (Å²) in [7, 11) is 1.67. The van der Waals surface area contributed by atoms with Crippen molar-refractivity contribution in [2.75, 3.05) is 20.2 Å². The Morgan fingerprint density at radius 1 is 0.944 bits per heavy atom. The van der Waals surface area contributed by atoms with Crippen LogP contribution in [0.3, 0.4) is 0 Å². The average Bonchev–Trinajstić information content (AvgIpc) is 2.83. The van der Waals surface area contributed by atoms with Gasteiger partial charge in [0.05, 0.1) is 7.11 Å². The van der Waals surface area contributed by atoms with E-state index in [0.717, 1.165) is 49.5 Å². The number of methoxy groups -OCH3 is 1. The maximum absolute atomic E-state index is 12.4. The Balaban J connectivity index is 0.000000678. The van der Waals surface area contributed by atoms with Crippen molar-refractivity contribution in [2.24, 2.45) is 5.92 Å². The summed E-state index contributed by atoms with van der Waals surface area (Å²) in [5.74, 6) is -1.84. The molecule has 2 aromatic carbocycles. The third-order valence-corrected chi connectivity index (χ3v) is 5.51. The van der Waals surface area contributed by atoms with Crippen LogP contribution < -0.4 is 14.8 Å². The van der Waals surface area contributed by atoms with Gasteiger partial charge in [0, 0.05) is 18.0 Å². The Morgan fingerprint density at radius 3 is 2.08 bits per heavy atom. The molecule has 1 fully saturated rings. The lowest BCUT2D eigenvalue weighted by Crippen LogP contribution is -2.46. The highest BCUT2D eigenvalue weighted by atomic mass is 16.5. The van der Waals surface area contributed by atoms with E-state index in [2.05, 4.69) is 22.3 Å². The summed E-state index contributed by atoms with van der Waals surface area (Å²) in [6, 6.07) is 16.3. The molecule has 36 heavy (non-hydrogen) atoms. The normalized spacial score (nSPS) is 14.2. The summed E-state index contributed by atoms with van der Waals surface area (Å²) in [5, 5.41) is 17.9. The Morgan fingerprint density at radius 2 is 1.56 bits per heavy atom. The summed E-state index contributed by atoms with van der Waals surface area (Å²) < 4.78 is 11.5. The summed E-state index contributed by atoms with van der Waals surface area (Å²) >= 11 is 0. The van der Waals surface area contributed by atoms with Crippen molar-refractivity contribution < 1.29 is 34.1 Å². The van der Waals surface area contributed by atoms with Gasteiger partial charge in [0.15, 0.2) is 11.5 Å². The number of hydrogen-bond acceptors (Lipinski definition) is 6. The number of amides is 1. The van der Waals surface area contributed by atoms with E-state index in [9.17, 15) is 4.79 Å². The number of carboxylic acids is 2. The number of rotatable bonds is 7. The smallest absolute Gasteiger partial charge is 0.414 e. The van der Waals surface area contributed by atoms with Crippen LogP contribution in [0.4, 0.5) is 0 Å². The van der Waals surface area contributed by atoms with Gasteiger partial charge in [0.2, 0.25) is 5.91 Å². The van der Waals surface area contributed by atoms with E-state index in [0.29, 0.717) is 6.61 Å². The highest BCUT2D eigenvalue weighted by Crippen LogP contribution is 2.30. The van der Waals surface area contributed by atoms with E-state index in [1.165, 1.54) is 5.56 Å². The molecular formula is C27H36N2O7. The first-order chi connectivity index (χ1) is 17.0. The molecule has 1 amide bonds. The van der Waals surface area contributed by atoms with Gasteiger partial charge >= 0.3 is 11.9 Å². The van der Waals surface area contributed by atoms with E-state index in [1.807, 2.05) is 57.2 Å². The van der Waals surface area contributed by atoms with Crippen molar-refractivity contribution in [1.82, 2.24) is 10.2 Å². The van der Waals surface area contributed by atoms with Crippen LogP contribution in [0, 0.1) is 5.92 Å². The first-order valence-electron chi connectivity index (χ1n) is 11.8. The van der Waals surface area contributed by atoms with E-state index >= 15 is 0 Å². The van der Waals surface area contributed by atoms with Gasteiger partial charge in [-0.1, -0.05) is 36.4 Å². The van der Waals surface area contributed by atoms with Gasteiger partial charge in [-0.2, -0.15) is 0 Å². The Hall–Kier alpha value is -3.59. The molecule has 3 rings (SSSR count). The van der Waals surface area contributed by atoms with Gasteiger partial charge in [-0.05, 0) is 70.0 Å². The second-order valence-corrected chi connectivity index (χ2v) is 9.66. The molecule has 9 heteroatoms. The van der Waals surface area contributed by atoms with Gasteiger partial charge in [-0.15, -0.1) is 0 Å². The van der Waals surface area contributed by atoms with Gasteiger partial charge in [0.25, 0.3) is 0 Å². The van der Waals surface area contributed by atoms with Crippen LogP contribution in [0.2, 0.25) is 0 Å². The molecule has 0 radical (unpaired) electrons. The molecule has 3 N–H and O–H groups in total. The standard InChI is InChI=1S/C25H34N2O3.C2H2O4/c1-25(2,3)26-24(28)21-12-14-27(15-13-21)17-20-10-11-22(23(16-20)29-4)30-18-19-8-6-5-7-9-19;3-1(4)2(5)6/h5-11,16,21H,12-15,17-18H2,1-4H3,(H,26,28);(H,3,4)(H,5,6). The quantitative estimate of drug-likeness (QED) is 0.493. The van der Waals surface area contributed by atoms with Crippen LogP contribution in [0.15, 0.2) is 48.5 Å². The second kappa shape index (κ2) is 13.5. The first-order valence-corrected chi connectivity index (χ1v) is 11.8. The highest BCUT2D eigenvalue weighted by molar-refractivity contribution is 6.27. The number of carboxylic acid groups (broad SMARTS) is 2. The fraction of sp³-hybridized carbons (Fsp3) is 0.444. The maximum atomic E-state index is 12.4. The molecule has 1 heterocycles. The zero-order valence-electron chi connectivity index (χ0n) is 21.3. The lowest BCUT2D eigenvalue weighted by atomic mass is 9.94. The maximum Gasteiger partial charge on any atom is 0.414 e. The SMILES string of the molecule is COc1cc(CN2CCC(C(=O)NC(C)(C)C)CC2)ccc1OCc1ccccc1.O=C(O)C(=O)O. The van der Waals surface area contributed by atoms with Crippen molar-refractivity contribution in [2.45, 2.75) is 52.3 Å². The molecule has 9 nitrogen and oxygen atoms in total. The molecule has 1 saturated heterocycles. The molecule has 0 unspecified atom stereocenters. The summed E-state index contributed by atoms with van der Waals surface area (Å²) in [6.07, 6.45) is 1.80. The number of nitrogens with one attached hydrogen (secondary N) is 1. The van der Waals surface area contributed by atoms with Crippen LogP contribution in [-0.4, -0.2) is 58.7 Å². The summed E-state index contributed by atoms with van der Waals surface area (Å²) in [4.78, 5) is 33.0. The third kappa shape index (κ3) is 9.95. The second-order valence-electron chi connectivity index (χ2n) is 9.66. The van der Waals surface area contributed by atoms with Crippen molar-refractivity contribution in [1.29, 1.82) is 0 Å². The van der Waals surface area contributed by atoms with Crippen molar-refractivity contribution in [3.8, 4) is 11.5 Å². The molecule has 0 aromatic heterocycles. The van der Waals surface area contributed by atoms with Crippen molar-refractivity contribution in [3.05, 3.63) is 59.7 Å². The number of carbonyl (C=O) groups is 3. The average molecular weight is 501 g/mol. The number of hydrogen-bond donors (Lipinski definition) is 3. The molecule has 2 aromatic rings. The number of piperidine rings is 1. The number of aliphatic carboxylic acids is 2. The number of ether oxygens (including phenoxy) is 2. The van der Waals surface area contributed by atoms with E-state index in [4.69, 9.17) is 29.3 Å². The Labute approximate surface area is 212 Å². The third-order valence-electron chi connectivity index (χ3n) is 5.51. The topological polar surface area (TPSA) is 125 Å². The lowest BCUT2D eigenvalue weighted by Gasteiger charge is -2.33. The minimum atomic E-state index is -1.82. The Bertz CT molecular complexity index is 999. The number of benzene rings is 2. The number of nitrogens with zero attached hydrogens (tertiary/aromatic N) is 1. The van der Waals surface area contributed by atoms with E-state index in [1.54, 1.807) is 7.11 Å². The van der Waals surface area contributed by atoms with Crippen molar-refractivity contribution >= 4 is 17.8 Å². The molecule has 0 spiro atoms. The minimum absolute atomic E-state index is 0.115. The lowest BCUT2D eigenvalue weighted by molar-refractivity contribution is -0.159. The first kappa shape index (κ1) is 28.6. The number of likely N-dealkylation sites (tertiary alicyclic amines) is 1. The number of carbonyl (C=O) groups excluding carboxylic acids is 1. The molecule has 0 atom stereocenters. The van der Waals surface area contributed by atoms with Gasteiger partial charge in [0.1, 0.15) is 6.61 Å². The predicted molar refractivity (Wildman–Crippen MR) is 135 cm³/mol. The minimum Gasteiger partial charge on any atom is -0.493 e. The van der Waals surface area contributed by atoms with Crippen LogP contribution >= 0.6 is 0 Å². The fourth-order valence-electron chi connectivity index (χ4n) is 3.75. The zero-order chi connectivity index (χ0) is 26.7. The molecule has 0 bridgehead atoms. The molecule has 1 aliphatic rings. The van der Waals surface area contributed by atoms with Gasteiger partial charge < -0.3 is 25.0 Å². The molecule has 1 aliphatic heterocycles. The Kier molecular flexibility index (Phi) is 10.7. The zero-order valence-corrected chi connectivity index (χ0v) is 21.3. The largest absolute Gasteiger partial charge is 0.493 e. The predicted octanol–water partition coefficient (Wildman–Crippen LogP) is 3.56. The molecule has 196 valence electrons. The van der Waals surface area contributed by atoms with Gasteiger partial charge in [-0.25, -0.2) is 9.59 Å². The highest BCUT2D eigenvalue weighted by Gasteiger charge is 2.27. The van der Waals surface area contributed by atoms with Crippen molar-refractivity contribution in [3.63, 3.8) is 0 Å². The molecular weight excluding hydrogens is 464 g/mol. The van der Waals surface area contributed by atoms with Crippen LogP contribution in [0.5, 0.6) is 11.5 Å². The van der Waals surface area contributed by atoms with Crippen LogP contribution in [-0.2, 0) is 27.5 Å².